The Morgan fingerprint density at radius 2 is 0.510 bits per heavy atom. The van der Waals surface area contributed by atoms with Crippen molar-refractivity contribution >= 4 is 8.32 Å². The molecule has 0 heterocycles. The molecule has 0 bridgehead atoms. The van der Waals surface area contributed by atoms with Gasteiger partial charge in [-0.3, -0.25) is 0 Å². The van der Waals surface area contributed by atoms with Crippen LogP contribution >= 0.6 is 0 Å². The third-order valence-corrected chi connectivity index (χ3v) is 12.0. The molecule has 0 unspecified atom stereocenters. The van der Waals surface area contributed by atoms with Crippen LogP contribution in [-0.4, -0.2) is 173 Å². The predicted molar refractivity (Wildman–Crippen MR) is 193 cm³/mol. The van der Waals surface area contributed by atoms with Crippen molar-refractivity contribution in [3.05, 3.63) is 0 Å². The highest BCUT2D eigenvalue weighted by Gasteiger charge is 2.36. The van der Waals surface area contributed by atoms with E-state index in [1.807, 2.05) is 0 Å². The summed E-state index contributed by atoms with van der Waals surface area (Å²) < 4.78 is 72.1. The minimum atomic E-state index is -1.70. The maximum atomic E-state index is 6.08. The van der Waals surface area contributed by atoms with E-state index in [9.17, 15) is 0 Å². The third kappa shape index (κ3) is 37.3. The summed E-state index contributed by atoms with van der Waals surface area (Å²) >= 11 is 0. The molecule has 14 heteroatoms. The Hall–Kier alpha value is -0.303. The lowest BCUT2D eigenvalue weighted by Gasteiger charge is -2.36. The molecule has 0 radical (unpaired) electrons. The lowest BCUT2D eigenvalue weighted by molar-refractivity contribution is -0.0285. The quantitative estimate of drug-likeness (QED) is 0.0654. The molecular weight excluding hydrogens is 656 g/mol. The topological polar surface area (TPSA) is 120 Å². The van der Waals surface area contributed by atoms with Crippen molar-refractivity contribution in [3.8, 4) is 0 Å². The highest BCUT2D eigenvalue weighted by molar-refractivity contribution is 6.74. The first-order chi connectivity index (χ1) is 23.8. The molecular formula is C35H74O13Si. The Morgan fingerprint density at radius 1 is 0.306 bits per heavy atom. The van der Waals surface area contributed by atoms with Gasteiger partial charge in [-0.25, -0.2) is 0 Å². The number of rotatable bonds is 41. The zero-order chi connectivity index (χ0) is 36.0. The average Bonchev–Trinajstić information content (AvgIpc) is 3.07. The predicted octanol–water partition coefficient (Wildman–Crippen LogP) is 4.40. The number of unbranched alkanes of at least 4 members (excludes halogenated alkanes) is 2. The van der Waals surface area contributed by atoms with E-state index in [4.69, 9.17) is 61.3 Å². The van der Waals surface area contributed by atoms with Crippen LogP contribution in [0.25, 0.3) is 0 Å². The number of hydrogen-bond acceptors (Lipinski definition) is 13. The second-order valence-electron chi connectivity index (χ2n) is 12.7. The van der Waals surface area contributed by atoms with Crippen molar-refractivity contribution in [2.24, 2.45) is 0 Å². The minimum Gasteiger partial charge on any atom is -0.414 e. The third-order valence-electron chi connectivity index (χ3n) is 7.48. The molecule has 0 aliphatic heterocycles. The fourth-order valence-corrected chi connectivity index (χ4v) is 4.57. The standard InChI is InChI=1S/C35H74O13Si/c1-7-8-9-10-36-11-12-37-13-14-38-15-16-39-17-18-40-19-20-41-21-22-42-23-24-43-25-26-44-27-28-45-29-30-46-31-32-47-33-34-48-49(5,6)35(2,3)4/h7-34H2,1-6H3. The molecule has 0 aliphatic carbocycles. The van der Waals surface area contributed by atoms with Gasteiger partial charge < -0.3 is 61.3 Å². The summed E-state index contributed by atoms with van der Waals surface area (Å²) in [6.45, 7) is 27.3. The van der Waals surface area contributed by atoms with E-state index in [1.165, 1.54) is 12.8 Å². The van der Waals surface area contributed by atoms with Crippen LogP contribution in [0, 0.1) is 0 Å². The van der Waals surface area contributed by atoms with Crippen molar-refractivity contribution in [3.63, 3.8) is 0 Å². The van der Waals surface area contributed by atoms with Gasteiger partial charge in [0.2, 0.25) is 0 Å². The molecule has 0 fully saturated rings. The molecule has 0 spiro atoms. The van der Waals surface area contributed by atoms with Crippen LogP contribution in [0.3, 0.4) is 0 Å². The zero-order valence-electron chi connectivity index (χ0n) is 32.1. The Kier molecular flexibility index (Phi) is 37.2. The van der Waals surface area contributed by atoms with E-state index in [1.54, 1.807) is 0 Å². The molecule has 0 N–H and O–H groups in total. The van der Waals surface area contributed by atoms with Crippen LogP contribution in [0.1, 0.15) is 47.0 Å². The van der Waals surface area contributed by atoms with Gasteiger partial charge in [-0.1, -0.05) is 40.5 Å². The molecule has 0 atom stereocenters. The molecule has 0 saturated carbocycles. The van der Waals surface area contributed by atoms with E-state index >= 15 is 0 Å². The van der Waals surface area contributed by atoms with E-state index in [2.05, 4.69) is 40.8 Å². The second kappa shape index (κ2) is 37.5. The smallest absolute Gasteiger partial charge is 0.192 e. The highest BCUT2D eigenvalue weighted by atomic mass is 28.4. The van der Waals surface area contributed by atoms with Crippen LogP contribution in [0.15, 0.2) is 0 Å². The number of hydrogen-bond donors (Lipinski definition) is 0. The van der Waals surface area contributed by atoms with Crippen LogP contribution in [-0.2, 0) is 61.3 Å². The normalized spacial score (nSPS) is 12.4. The van der Waals surface area contributed by atoms with Gasteiger partial charge in [0.1, 0.15) is 0 Å². The van der Waals surface area contributed by atoms with Crippen LogP contribution in [0.4, 0.5) is 0 Å². The van der Waals surface area contributed by atoms with Crippen molar-refractivity contribution in [2.75, 3.05) is 165 Å². The molecule has 13 nitrogen and oxygen atoms in total. The number of ether oxygens (including phenoxy) is 12. The Morgan fingerprint density at radius 3 is 0.714 bits per heavy atom. The summed E-state index contributed by atoms with van der Waals surface area (Å²) in [6, 6.07) is 0. The van der Waals surface area contributed by atoms with Gasteiger partial charge in [0.25, 0.3) is 0 Å². The van der Waals surface area contributed by atoms with Crippen LogP contribution < -0.4 is 0 Å². The van der Waals surface area contributed by atoms with Crippen molar-refractivity contribution in [1.29, 1.82) is 0 Å². The molecule has 0 aromatic carbocycles. The molecule has 0 aliphatic rings. The summed E-state index contributed by atoms with van der Waals surface area (Å²) in [7, 11) is -1.70. The summed E-state index contributed by atoms with van der Waals surface area (Å²) in [5.74, 6) is 0. The molecule has 0 aromatic rings. The van der Waals surface area contributed by atoms with Gasteiger partial charge >= 0.3 is 0 Å². The van der Waals surface area contributed by atoms with Gasteiger partial charge in [-0.05, 0) is 24.6 Å². The maximum absolute atomic E-state index is 6.08. The molecule has 49 heavy (non-hydrogen) atoms. The minimum absolute atomic E-state index is 0.217. The fourth-order valence-electron chi connectivity index (χ4n) is 3.55. The van der Waals surface area contributed by atoms with E-state index in [-0.39, 0.29) is 5.04 Å². The first-order valence-corrected chi connectivity index (χ1v) is 21.3. The monoisotopic (exact) mass is 730 g/mol. The first-order valence-electron chi connectivity index (χ1n) is 18.4. The largest absolute Gasteiger partial charge is 0.414 e. The van der Waals surface area contributed by atoms with Crippen LogP contribution in [0.2, 0.25) is 18.1 Å². The molecule has 296 valence electrons. The second-order valence-corrected chi connectivity index (χ2v) is 17.5. The zero-order valence-corrected chi connectivity index (χ0v) is 33.1. The Balaban J connectivity index is 3.11. The Labute approximate surface area is 299 Å². The summed E-state index contributed by atoms with van der Waals surface area (Å²) in [5, 5.41) is 0.217. The average molecular weight is 731 g/mol. The van der Waals surface area contributed by atoms with E-state index in [0.29, 0.717) is 159 Å². The van der Waals surface area contributed by atoms with Gasteiger partial charge in [0, 0.05) is 6.61 Å². The van der Waals surface area contributed by atoms with Crippen molar-refractivity contribution in [2.45, 2.75) is 65.1 Å². The van der Waals surface area contributed by atoms with E-state index in [0.717, 1.165) is 13.0 Å². The van der Waals surface area contributed by atoms with Gasteiger partial charge in [-0.2, -0.15) is 0 Å². The summed E-state index contributed by atoms with van der Waals surface area (Å²) in [4.78, 5) is 0. The maximum Gasteiger partial charge on any atom is 0.192 e. The highest BCUT2D eigenvalue weighted by Crippen LogP contribution is 2.36. The molecule has 0 rings (SSSR count). The van der Waals surface area contributed by atoms with E-state index < -0.39 is 8.32 Å². The first kappa shape index (κ1) is 48.7. The lowest BCUT2D eigenvalue weighted by atomic mass is 10.2. The van der Waals surface area contributed by atoms with Crippen molar-refractivity contribution in [1.82, 2.24) is 0 Å². The lowest BCUT2D eigenvalue weighted by Crippen LogP contribution is -2.41. The summed E-state index contributed by atoms with van der Waals surface area (Å²) in [5.41, 5.74) is 0. The Bertz CT molecular complexity index is 641. The van der Waals surface area contributed by atoms with Gasteiger partial charge in [0.15, 0.2) is 8.32 Å². The van der Waals surface area contributed by atoms with Gasteiger partial charge in [-0.15, -0.1) is 0 Å². The van der Waals surface area contributed by atoms with Gasteiger partial charge in [0.05, 0.1) is 159 Å². The van der Waals surface area contributed by atoms with Crippen LogP contribution in [0.5, 0.6) is 0 Å². The molecule has 0 saturated heterocycles. The fraction of sp³-hybridized carbons (Fsp3) is 1.00. The van der Waals surface area contributed by atoms with Crippen molar-refractivity contribution < 1.29 is 61.3 Å². The molecule has 0 amide bonds. The summed E-state index contributed by atoms with van der Waals surface area (Å²) in [6.07, 6.45) is 3.54. The SMILES string of the molecule is CCCCCOCCOCCOCCOCCOCCOCCOCCOCCOCCOCCOCCOCCO[Si](C)(C)C(C)(C)C. The molecule has 0 aromatic heterocycles.